The van der Waals surface area contributed by atoms with Crippen molar-refractivity contribution in [3.63, 3.8) is 0 Å². The fourth-order valence-electron chi connectivity index (χ4n) is 13.8. The molecule has 0 spiro atoms. The van der Waals surface area contributed by atoms with Gasteiger partial charge in [-0.15, -0.1) is 0 Å². The minimum Gasteiger partial charge on any atom is -0.458 e. The van der Waals surface area contributed by atoms with Crippen LogP contribution in [0.25, 0.3) is 106 Å². The van der Waals surface area contributed by atoms with Crippen LogP contribution >= 0.6 is 0 Å². The van der Waals surface area contributed by atoms with Gasteiger partial charge in [-0.25, -0.2) is 4.98 Å². The first-order valence-electron chi connectivity index (χ1n) is 33.8. The molecular formula is C82H80N4O. The molecule has 4 heterocycles. The summed E-state index contributed by atoms with van der Waals surface area (Å²) in [6, 6.07) is 63.0. The minimum atomic E-state index is -2.69. The first-order chi connectivity index (χ1) is 43.7. The molecule has 12 aromatic rings. The predicted octanol–water partition coefficient (Wildman–Crippen LogP) is 21.5. The van der Waals surface area contributed by atoms with Crippen LogP contribution in [0.5, 0.6) is 11.5 Å². The predicted molar refractivity (Wildman–Crippen MR) is 364 cm³/mol. The summed E-state index contributed by atoms with van der Waals surface area (Å²) in [5.74, 6) is 2.07. The van der Waals surface area contributed by atoms with Crippen molar-refractivity contribution in [2.24, 2.45) is 0 Å². The molecule has 0 atom stereocenters. The number of benzene rings is 9. The van der Waals surface area contributed by atoms with Gasteiger partial charge >= 0.3 is 0 Å². The number of rotatable bonds is 6. The summed E-state index contributed by atoms with van der Waals surface area (Å²) in [5.41, 5.74) is 18.8. The lowest BCUT2D eigenvalue weighted by Gasteiger charge is -2.42. The summed E-state index contributed by atoms with van der Waals surface area (Å²) in [6.45, 7) is 24.3. The number of ether oxygens (including phenoxy) is 1. The number of hydrogen-bond donors (Lipinski definition) is 0. The fraction of sp³-hybridized carbons (Fsp3) is 0.268. The molecule has 5 heteroatoms. The largest absolute Gasteiger partial charge is 0.458 e. The molecule has 1 aliphatic heterocycles. The topological polar surface area (TPSA) is 35.9 Å². The third kappa shape index (κ3) is 9.43. The molecule has 0 bridgehead atoms. The maximum Gasteiger partial charge on any atom is 0.269 e. The van der Waals surface area contributed by atoms with Crippen LogP contribution in [0.3, 0.4) is 0 Å². The lowest BCUT2D eigenvalue weighted by molar-refractivity contribution is -0.570. The number of para-hydroxylation sites is 2. The average molecular weight is 1140 g/mol. The third-order valence-corrected chi connectivity index (χ3v) is 18.9. The molecule has 3 aromatic heterocycles. The average Bonchev–Trinajstić information content (AvgIpc) is 1.66. The van der Waals surface area contributed by atoms with Crippen molar-refractivity contribution < 1.29 is 17.5 Å². The van der Waals surface area contributed by atoms with Crippen molar-refractivity contribution in [2.45, 2.75) is 144 Å². The number of pyridine rings is 1. The van der Waals surface area contributed by atoms with Gasteiger partial charge in [0.1, 0.15) is 17.3 Å². The Labute approximate surface area is 523 Å². The zero-order chi connectivity index (χ0) is 65.9. The van der Waals surface area contributed by atoms with Gasteiger partial charge in [0, 0.05) is 31.3 Å². The Bertz CT molecular complexity index is 4990. The highest BCUT2D eigenvalue weighted by Crippen LogP contribution is 2.53. The Hall–Kier alpha value is -8.80. The van der Waals surface area contributed by atoms with E-state index in [0.717, 1.165) is 102 Å². The minimum absolute atomic E-state index is 0.0421. The summed E-state index contributed by atoms with van der Waals surface area (Å²) in [7, 11) is 0. The summed E-state index contributed by atoms with van der Waals surface area (Å²) >= 11 is 0. The SMILES string of the molecule is [2H]C([2H])([2H])c1cccc(C([2H])([2H])[2H])c1-c1cccc2c1-[n+]1[c-]n(-c3cccc(Oc4ccc5c6ccccc6n(-c6cc(C(C)(C)C)ccn6)c5c4)c3)c3cc(-c4cc(C(C)(C)C)cc(C(C)(C)C)c4)cc(c31)-c1ccccc1-c1cc3c(cc1-2)C(C)(C)CCC3(C)C. The van der Waals surface area contributed by atoms with Crippen LogP contribution < -0.4 is 9.30 Å². The number of nitrogens with zero attached hydrogens (tertiary/aromatic N) is 4. The molecule has 0 radical (unpaired) electrons. The van der Waals surface area contributed by atoms with E-state index < -0.39 is 13.7 Å². The van der Waals surface area contributed by atoms with Gasteiger partial charge in [0.15, 0.2) is 0 Å². The lowest BCUT2D eigenvalue weighted by Crippen LogP contribution is -2.34. The van der Waals surface area contributed by atoms with Crippen molar-refractivity contribution in [3.05, 3.63) is 233 Å². The van der Waals surface area contributed by atoms with Gasteiger partial charge in [-0.3, -0.25) is 13.7 Å². The molecule has 87 heavy (non-hydrogen) atoms. The first kappa shape index (κ1) is 49.3. The van der Waals surface area contributed by atoms with Gasteiger partial charge in [-0.2, -0.15) is 0 Å². The van der Waals surface area contributed by atoms with Crippen LogP contribution in [0, 0.1) is 20.0 Å². The molecule has 0 amide bonds. The Morgan fingerprint density at radius 1 is 0.483 bits per heavy atom. The molecule has 434 valence electrons. The number of aromatic nitrogens is 4. The van der Waals surface area contributed by atoms with E-state index in [4.69, 9.17) is 17.9 Å². The number of aryl methyl sites for hydroxylation is 2. The molecule has 0 unspecified atom stereocenters. The van der Waals surface area contributed by atoms with Gasteiger partial charge in [-0.05, 0) is 209 Å². The second-order valence-corrected chi connectivity index (χ2v) is 28.9. The van der Waals surface area contributed by atoms with E-state index in [1.165, 1.54) is 27.8 Å². The van der Waals surface area contributed by atoms with E-state index in [0.29, 0.717) is 22.7 Å². The Balaban J connectivity index is 1.09. The zero-order valence-electron chi connectivity index (χ0n) is 58.5. The smallest absolute Gasteiger partial charge is 0.269 e. The highest BCUT2D eigenvalue weighted by molar-refractivity contribution is 6.10. The highest BCUT2D eigenvalue weighted by Gasteiger charge is 2.39. The van der Waals surface area contributed by atoms with E-state index in [9.17, 15) is 0 Å². The van der Waals surface area contributed by atoms with E-state index in [2.05, 4.69) is 237 Å². The molecule has 9 aromatic carbocycles. The lowest BCUT2D eigenvalue weighted by atomic mass is 9.62. The molecule has 14 rings (SSSR count). The summed E-state index contributed by atoms with van der Waals surface area (Å²) in [4.78, 5) is 4.95. The van der Waals surface area contributed by atoms with Gasteiger partial charge < -0.3 is 4.74 Å². The molecular weight excluding hydrogens is 1060 g/mol. The second-order valence-electron chi connectivity index (χ2n) is 28.9. The normalized spacial score (nSPS) is 15.8. The Morgan fingerprint density at radius 2 is 1.06 bits per heavy atom. The van der Waals surface area contributed by atoms with E-state index in [1.807, 2.05) is 42.6 Å². The van der Waals surface area contributed by atoms with Crippen LogP contribution in [-0.4, -0.2) is 14.1 Å². The van der Waals surface area contributed by atoms with Crippen LogP contribution in [0.2, 0.25) is 0 Å². The maximum atomic E-state index is 9.13. The van der Waals surface area contributed by atoms with E-state index in [-0.39, 0.29) is 43.8 Å². The standard InChI is InChI=1S/C82H80N4O/c1-50-23-20-24-51(2)75(50)65-31-22-30-64-67-48-70-69(81(12,13)36-37-82(70,14)15)47-66(67)60-27-16-17-28-61(60)68-41-53(52-39-55(79(6,7)8)43-56(40-52)80(9,10)11)42-73-77(68)85(76(64)65)49-84(73)57-25-21-26-58(45-57)87-59-33-34-63-62-29-18-19-32-71(62)86(72(63)46-59)74-44-54(35-38-83-74)78(3,4)5/h16-35,38-48H,36-37H2,1-15H3/i1D3,2D3. The molecule has 1 aliphatic carbocycles. The van der Waals surface area contributed by atoms with E-state index >= 15 is 0 Å². The van der Waals surface area contributed by atoms with Crippen LogP contribution in [0.15, 0.2) is 188 Å². The quantitative estimate of drug-likeness (QED) is 0.123. The third-order valence-electron chi connectivity index (χ3n) is 18.9. The van der Waals surface area contributed by atoms with Crippen molar-refractivity contribution in [1.82, 2.24) is 14.1 Å². The monoisotopic (exact) mass is 1140 g/mol. The van der Waals surface area contributed by atoms with Crippen molar-refractivity contribution >= 4 is 32.8 Å². The Morgan fingerprint density at radius 3 is 1.74 bits per heavy atom. The first-order valence-corrected chi connectivity index (χ1v) is 30.8. The fourth-order valence-corrected chi connectivity index (χ4v) is 13.8. The van der Waals surface area contributed by atoms with Crippen molar-refractivity contribution in [3.8, 4) is 84.3 Å². The van der Waals surface area contributed by atoms with E-state index in [1.54, 1.807) is 18.2 Å². The van der Waals surface area contributed by atoms with Gasteiger partial charge in [0.25, 0.3) is 6.33 Å². The van der Waals surface area contributed by atoms with Crippen molar-refractivity contribution in [1.29, 1.82) is 0 Å². The molecule has 0 N–H and O–H groups in total. The summed E-state index contributed by atoms with van der Waals surface area (Å²) in [5, 5.41) is 2.20. The number of hydrogen-bond acceptors (Lipinski definition) is 2. The second kappa shape index (κ2) is 19.9. The molecule has 0 fully saturated rings. The van der Waals surface area contributed by atoms with Gasteiger partial charge in [0.2, 0.25) is 0 Å². The summed E-state index contributed by atoms with van der Waals surface area (Å²) < 4.78 is 68.2. The van der Waals surface area contributed by atoms with Crippen LogP contribution in [-0.2, 0) is 27.1 Å². The van der Waals surface area contributed by atoms with Crippen molar-refractivity contribution in [2.75, 3.05) is 0 Å². The molecule has 0 saturated carbocycles. The molecule has 5 nitrogen and oxygen atoms in total. The highest BCUT2D eigenvalue weighted by atomic mass is 16.5. The summed E-state index contributed by atoms with van der Waals surface area (Å²) in [6.07, 6.45) is 7.89. The van der Waals surface area contributed by atoms with Crippen LogP contribution in [0.4, 0.5) is 0 Å². The van der Waals surface area contributed by atoms with Crippen LogP contribution in [0.1, 0.15) is 150 Å². The number of fused-ring (bicyclic) bond motifs is 11. The molecule has 2 aliphatic rings. The Kier molecular flexibility index (Phi) is 11.3. The zero-order valence-corrected chi connectivity index (χ0v) is 52.5. The maximum absolute atomic E-state index is 9.13. The van der Waals surface area contributed by atoms with Gasteiger partial charge in [0.05, 0.1) is 33.4 Å². The van der Waals surface area contributed by atoms with Gasteiger partial charge in [-0.1, -0.05) is 205 Å². The number of imidazole rings is 1. The molecule has 0 saturated heterocycles.